The third-order valence-corrected chi connectivity index (χ3v) is 2.25. The van der Waals surface area contributed by atoms with Crippen LogP contribution in [-0.2, 0) is 6.61 Å². The molecule has 0 saturated carbocycles. The molecule has 0 fully saturated rings. The van der Waals surface area contributed by atoms with E-state index in [0.29, 0.717) is 5.76 Å². The van der Waals surface area contributed by atoms with Crippen LogP contribution in [0.2, 0.25) is 0 Å². The van der Waals surface area contributed by atoms with E-state index in [0.717, 1.165) is 5.76 Å². The summed E-state index contributed by atoms with van der Waals surface area (Å²) >= 11 is 0. The Morgan fingerprint density at radius 2 is 2.18 bits per heavy atom. The molecule has 0 aliphatic heterocycles. The van der Waals surface area contributed by atoms with Crippen LogP contribution in [0.4, 0.5) is 4.39 Å². The van der Waals surface area contributed by atoms with Gasteiger partial charge in [0.25, 0.3) is 0 Å². The monoisotopic (exact) mass is 231 g/mol. The summed E-state index contributed by atoms with van der Waals surface area (Å²) in [6, 6.07) is 9.64. The summed E-state index contributed by atoms with van der Waals surface area (Å²) in [4.78, 5) is 0. The Balaban J connectivity index is 2.14. The van der Waals surface area contributed by atoms with Gasteiger partial charge in [-0.05, 0) is 31.2 Å². The summed E-state index contributed by atoms with van der Waals surface area (Å²) in [5, 5.41) is 8.81. The van der Waals surface area contributed by atoms with E-state index in [2.05, 4.69) is 0 Å². The maximum Gasteiger partial charge on any atom is 0.146 e. The van der Waals surface area contributed by atoms with Crippen LogP contribution in [-0.4, -0.2) is 0 Å². The quantitative estimate of drug-likeness (QED) is 0.814. The second-order valence-corrected chi connectivity index (χ2v) is 3.53. The van der Waals surface area contributed by atoms with Crippen molar-refractivity contribution in [1.82, 2.24) is 0 Å². The standard InChI is InChI=1S/C13H10FNO2/c1-9-5-6-10(17-9)8-16-13-4-2-3-12(14)11(13)7-15/h2-6H,8H2,1H3. The van der Waals surface area contributed by atoms with E-state index in [9.17, 15) is 4.39 Å². The minimum absolute atomic E-state index is 0.0872. The summed E-state index contributed by atoms with van der Waals surface area (Å²) in [5.74, 6) is 1.06. The number of ether oxygens (including phenoxy) is 1. The van der Waals surface area contributed by atoms with Gasteiger partial charge in [-0.3, -0.25) is 0 Å². The van der Waals surface area contributed by atoms with Crippen LogP contribution in [0, 0.1) is 24.1 Å². The third kappa shape index (κ3) is 2.45. The first kappa shape index (κ1) is 11.2. The first-order chi connectivity index (χ1) is 8.20. The molecule has 1 aromatic carbocycles. The summed E-state index contributed by atoms with van der Waals surface area (Å²) in [5.41, 5.74) is -0.0872. The fourth-order valence-electron chi connectivity index (χ4n) is 1.44. The molecule has 3 nitrogen and oxygen atoms in total. The van der Waals surface area contributed by atoms with Gasteiger partial charge >= 0.3 is 0 Å². The van der Waals surface area contributed by atoms with E-state index in [-0.39, 0.29) is 17.9 Å². The lowest BCUT2D eigenvalue weighted by atomic mass is 10.2. The molecule has 0 spiro atoms. The Bertz CT molecular complexity index is 569. The fourth-order valence-corrected chi connectivity index (χ4v) is 1.44. The van der Waals surface area contributed by atoms with Crippen molar-refractivity contribution in [2.45, 2.75) is 13.5 Å². The van der Waals surface area contributed by atoms with Crippen LogP contribution in [0.3, 0.4) is 0 Å². The number of rotatable bonds is 3. The molecule has 86 valence electrons. The van der Waals surface area contributed by atoms with Crippen molar-refractivity contribution in [1.29, 1.82) is 5.26 Å². The van der Waals surface area contributed by atoms with Crippen molar-refractivity contribution in [3.8, 4) is 11.8 Å². The van der Waals surface area contributed by atoms with Crippen molar-refractivity contribution in [2.24, 2.45) is 0 Å². The van der Waals surface area contributed by atoms with Gasteiger partial charge in [-0.2, -0.15) is 5.26 Å². The molecule has 0 bridgehead atoms. The van der Waals surface area contributed by atoms with Gasteiger partial charge in [-0.15, -0.1) is 0 Å². The minimum atomic E-state index is -0.583. The van der Waals surface area contributed by atoms with E-state index in [1.165, 1.54) is 12.1 Å². The Hall–Kier alpha value is -2.28. The van der Waals surface area contributed by atoms with Gasteiger partial charge in [0.15, 0.2) is 0 Å². The van der Waals surface area contributed by atoms with Gasteiger partial charge in [0.1, 0.15) is 41.3 Å². The van der Waals surface area contributed by atoms with Crippen LogP contribution >= 0.6 is 0 Å². The van der Waals surface area contributed by atoms with Gasteiger partial charge in [0.05, 0.1) is 0 Å². The largest absolute Gasteiger partial charge is 0.484 e. The number of furan rings is 1. The lowest BCUT2D eigenvalue weighted by Crippen LogP contribution is -1.97. The van der Waals surface area contributed by atoms with E-state index in [1.54, 1.807) is 18.2 Å². The molecule has 1 heterocycles. The lowest BCUT2D eigenvalue weighted by molar-refractivity contribution is 0.266. The van der Waals surface area contributed by atoms with Gasteiger partial charge in [0.2, 0.25) is 0 Å². The summed E-state index contributed by atoms with van der Waals surface area (Å²) in [6.07, 6.45) is 0. The Labute approximate surface area is 98.0 Å². The predicted molar refractivity (Wildman–Crippen MR) is 58.9 cm³/mol. The van der Waals surface area contributed by atoms with E-state index in [4.69, 9.17) is 14.4 Å². The van der Waals surface area contributed by atoms with Crippen molar-refractivity contribution >= 4 is 0 Å². The molecule has 0 N–H and O–H groups in total. The summed E-state index contributed by atoms with van der Waals surface area (Å²) in [6.45, 7) is 2.00. The molecule has 17 heavy (non-hydrogen) atoms. The highest BCUT2D eigenvalue weighted by molar-refractivity contribution is 5.43. The number of halogens is 1. The topological polar surface area (TPSA) is 46.2 Å². The number of hydrogen-bond donors (Lipinski definition) is 0. The average Bonchev–Trinajstić information content (AvgIpc) is 2.72. The highest BCUT2D eigenvalue weighted by Crippen LogP contribution is 2.21. The van der Waals surface area contributed by atoms with Crippen molar-refractivity contribution in [3.05, 3.63) is 53.2 Å². The molecule has 1 aromatic heterocycles. The molecule has 4 heteroatoms. The van der Waals surface area contributed by atoms with Gasteiger partial charge in [-0.25, -0.2) is 4.39 Å². The lowest BCUT2D eigenvalue weighted by Gasteiger charge is -2.06. The van der Waals surface area contributed by atoms with Crippen LogP contribution < -0.4 is 4.74 Å². The Morgan fingerprint density at radius 3 is 2.82 bits per heavy atom. The maximum atomic E-state index is 13.3. The number of hydrogen-bond acceptors (Lipinski definition) is 3. The molecular formula is C13H10FNO2. The summed E-state index contributed by atoms with van der Waals surface area (Å²) < 4.78 is 23.9. The smallest absolute Gasteiger partial charge is 0.146 e. The van der Waals surface area contributed by atoms with Crippen LogP contribution in [0.25, 0.3) is 0 Å². The first-order valence-corrected chi connectivity index (χ1v) is 5.07. The van der Waals surface area contributed by atoms with Crippen LogP contribution in [0.5, 0.6) is 5.75 Å². The molecular weight excluding hydrogens is 221 g/mol. The van der Waals surface area contributed by atoms with Crippen molar-refractivity contribution < 1.29 is 13.5 Å². The molecule has 0 unspecified atom stereocenters. The van der Waals surface area contributed by atoms with Crippen LogP contribution in [0.1, 0.15) is 17.1 Å². The van der Waals surface area contributed by atoms with E-state index < -0.39 is 5.82 Å². The van der Waals surface area contributed by atoms with Gasteiger partial charge in [0, 0.05) is 0 Å². The number of aryl methyl sites for hydroxylation is 1. The van der Waals surface area contributed by atoms with Gasteiger partial charge in [-0.1, -0.05) is 6.07 Å². The molecule has 2 aromatic rings. The molecule has 0 aliphatic carbocycles. The van der Waals surface area contributed by atoms with Crippen molar-refractivity contribution in [2.75, 3.05) is 0 Å². The molecule has 0 aliphatic rings. The predicted octanol–water partition coefficient (Wildman–Crippen LogP) is 3.18. The Kier molecular flexibility index (Phi) is 3.10. The second kappa shape index (κ2) is 4.71. The second-order valence-electron chi connectivity index (χ2n) is 3.53. The molecule has 2 rings (SSSR count). The van der Waals surface area contributed by atoms with Crippen molar-refractivity contribution in [3.63, 3.8) is 0 Å². The van der Waals surface area contributed by atoms with Gasteiger partial charge < -0.3 is 9.15 Å². The SMILES string of the molecule is Cc1ccc(COc2cccc(F)c2C#N)o1. The molecule has 0 radical (unpaired) electrons. The number of nitrogens with zero attached hydrogens (tertiary/aromatic N) is 1. The first-order valence-electron chi connectivity index (χ1n) is 5.07. The van der Waals surface area contributed by atoms with E-state index >= 15 is 0 Å². The average molecular weight is 231 g/mol. The highest BCUT2D eigenvalue weighted by Gasteiger charge is 2.09. The molecule has 0 amide bonds. The third-order valence-electron chi connectivity index (χ3n) is 2.25. The fraction of sp³-hybridized carbons (Fsp3) is 0.154. The zero-order chi connectivity index (χ0) is 12.3. The van der Waals surface area contributed by atoms with E-state index in [1.807, 2.05) is 13.0 Å². The zero-order valence-corrected chi connectivity index (χ0v) is 9.24. The summed E-state index contributed by atoms with van der Waals surface area (Å²) in [7, 11) is 0. The molecule has 0 saturated heterocycles. The van der Waals surface area contributed by atoms with Crippen LogP contribution in [0.15, 0.2) is 34.7 Å². The Morgan fingerprint density at radius 1 is 1.35 bits per heavy atom. The molecule has 0 atom stereocenters. The number of nitriles is 1. The maximum absolute atomic E-state index is 13.3. The number of benzene rings is 1. The zero-order valence-electron chi connectivity index (χ0n) is 9.24. The minimum Gasteiger partial charge on any atom is -0.484 e. The normalized spacial score (nSPS) is 9.94. The highest BCUT2D eigenvalue weighted by atomic mass is 19.1.